The lowest BCUT2D eigenvalue weighted by Gasteiger charge is -1.96. The first-order chi connectivity index (χ1) is 4.86. The summed E-state index contributed by atoms with van der Waals surface area (Å²) in [6, 6.07) is 3.19. The molecule has 0 atom stereocenters. The van der Waals surface area contributed by atoms with Crippen LogP contribution in [0.1, 0.15) is 0 Å². The minimum atomic E-state index is 0.157. The summed E-state index contributed by atoms with van der Waals surface area (Å²) in [6.45, 7) is 0. The fourth-order valence-electron chi connectivity index (χ4n) is 0.511. The molecular weight excluding hydrogens is 153 g/mol. The van der Waals surface area contributed by atoms with Gasteiger partial charge in [0.05, 0.1) is 17.0 Å². The molecule has 3 nitrogen and oxygen atoms in total. The molecular formula is C5H6FN3S. The third-order valence-corrected chi connectivity index (χ3v) is 1.39. The Morgan fingerprint density at radius 1 is 1.60 bits per heavy atom. The monoisotopic (exact) mass is 159 g/mol. The molecule has 0 aliphatic carbocycles. The second-order valence-corrected chi connectivity index (χ2v) is 2.23. The van der Waals surface area contributed by atoms with Gasteiger partial charge in [-0.15, -0.1) is 0 Å². The van der Waals surface area contributed by atoms with Gasteiger partial charge in [0, 0.05) is 6.20 Å². The van der Waals surface area contributed by atoms with Crippen LogP contribution in [0, 0.1) is 0 Å². The molecule has 0 bridgehead atoms. The van der Waals surface area contributed by atoms with Gasteiger partial charge in [-0.05, 0) is 12.1 Å². The highest BCUT2D eigenvalue weighted by molar-refractivity contribution is 7.94. The van der Waals surface area contributed by atoms with Crippen LogP contribution >= 0.6 is 12.1 Å². The van der Waals surface area contributed by atoms with Crippen LogP contribution in [0.3, 0.4) is 0 Å². The first-order valence-electron chi connectivity index (χ1n) is 2.58. The average Bonchev–Trinajstić information content (AvgIpc) is 2.05. The van der Waals surface area contributed by atoms with Crippen LogP contribution in [0.2, 0.25) is 0 Å². The van der Waals surface area contributed by atoms with Gasteiger partial charge < -0.3 is 5.43 Å². The van der Waals surface area contributed by atoms with Gasteiger partial charge >= 0.3 is 0 Å². The van der Waals surface area contributed by atoms with Gasteiger partial charge in [-0.1, -0.05) is 0 Å². The van der Waals surface area contributed by atoms with Gasteiger partial charge in [-0.25, -0.2) is 10.8 Å². The van der Waals surface area contributed by atoms with Crippen molar-refractivity contribution in [3.05, 3.63) is 18.3 Å². The van der Waals surface area contributed by atoms with Crippen LogP contribution in [0.4, 0.5) is 9.70 Å². The first kappa shape index (κ1) is 7.30. The molecule has 1 aromatic heterocycles. The normalized spacial score (nSPS) is 9.40. The van der Waals surface area contributed by atoms with Gasteiger partial charge in [-0.3, -0.25) is 0 Å². The summed E-state index contributed by atoms with van der Waals surface area (Å²) in [7, 11) is 0. The van der Waals surface area contributed by atoms with E-state index in [9.17, 15) is 3.89 Å². The van der Waals surface area contributed by atoms with E-state index in [2.05, 4.69) is 10.4 Å². The van der Waals surface area contributed by atoms with Crippen LogP contribution < -0.4 is 11.3 Å². The number of nitrogens with two attached hydrogens (primary N) is 1. The Labute approximate surface area is 62.1 Å². The van der Waals surface area contributed by atoms with Gasteiger partial charge in [-0.2, -0.15) is 3.89 Å². The van der Waals surface area contributed by atoms with E-state index in [1.807, 2.05) is 0 Å². The molecule has 10 heavy (non-hydrogen) atoms. The molecule has 0 saturated carbocycles. The maximum Gasteiger partial charge on any atom is 0.139 e. The van der Waals surface area contributed by atoms with E-state index in [4.69, 9.17) is 5.84 Å². The molecule has 0 fully saturated rings. The van der Waals surface area contributed by atoms with Crippen molar-refractivity contribution in [1.82, 2.24) is 4.98 Å². The van der Waals surface area contributed by atoms with Gasteiger partial charge in [0.25, 0.3) is 0 Å². The molecule has 0 radical (unpaired) electrons. The molecule has 0 aromatic carbocycles. The van der Waals surface area contributed by atoms with Crippen molar-refractivity contribution in [2.24, 2.45) is 5.84 Å². The van der Waals surface area contributed by atoms with Crippen LogP contribution in [-0.4, -0.2) is 4.98 Å². The maximum atomic E-state index is 11.8. The summed E-state index contributed by atoms with van der Waals surface area (Å²) in [5, 5.41) is 0. The predicted octanol–water partition coefficient (Wildman–Crippen LogP) is 1.34. The third kappa shape index (κ3) is 1.58. The standard InChI is InChI=1S/C5H6FN3S/c6-10-4-1-2-5(9-7)8-3-4/h1-3H,7H2,(H,8,9). The van der Waals surface area contributed by atoms with Gasteiger partial charge in [0.2, 0.25) is 0 Å². The molecule has 1 rings (SSSR count). The maximum absolute atomic E-state index is 11.8. The molecule has 1 aromatic rings. The summed E-state index contributed by atoms with van der Waals surface area (Å²) in [4.78, 5) is 4.24. The number of halogens is 1. The van der Waals surface area contributed by atoms with Crippen LogP contribution in [0.15, 0.2) is 23.2 Å². The number of hydrogen-bond donors (Lipinski definition) is 2. The Morgan fingerprint density at radius 3 is 2.80 bits per heavy atom. The Balaban J connectivity index is 2.80. The number of anilines is 1. The molecule has 3 N–H and O–H groups in total. The number of rotatable bonds is 2. The zero-order valence-electron chi connectivity index (χ0n) is 5.04. The second kappa shape index (κ2) is 3.38. The molecule has 1 heterocycles. The molecule has 0 saturated heterocycles. The highest BCUT2D eigenvalue weighted by atomic mass is 32.2. The van der Waals surface area contributed by atoms with Crippen molar-refractivity contribution in [1.29, 1.82) is 0 Å². The molecule has 5 heteroatoms. The van der Waals surface area contributed by atoms with Crippen molar-refractivity contribution < 1.29 is 3.89 Å². The van der Waals surface area contributed by atoms with Crippen LogP contribution in [-0.2, 0) is 0 Å². The fraction of sp³-hybridized carbons (Fsp3) is 0. The Morgan fingerprint density at radius 2 is 2.40 bits per heavy atom. The van der Waals surface area contributed by atoms with E-state index in [0.29, 0.717) is 10.7 Å². The average molecular weight is 159 g/mol. The van der Waals surface area contributed by atoms with Crippen LogP contribution in [0.5, 0.6) is 0 Å². The molecule has 0 spiro atoms. The lowest BCUT2D eigenvalue weighted by atomic mass is 10.5. The van der Waals surface area contributed by atoms with Crippen molar-refractivity contribution in [2.75, 3.05) is 5.43 Å². The number of nitrogen functional groups attached to an aromatic ring is 1. The molecule has 54 valence electrons. The lowest BCUT2D eigenvalue weighted by Crippen LogP contribution is -2.07. The minimum Gasteiger partial charge on any atom is -0.308 e. The Bertz CT molecular complexity index is 178. The van der Waals surface area contributed by atoms with Crippen molar-refractivity contribution in [3.8, 4) is 0 Å². The summed E-state index contributed by atoms with van der Waals surface area (Å²) in [5.41, 5.74) is 2.34. The molecule has 0 aliphatic rings. The lowest BCUT2D eigenvalue weighted by molar-refractivity contribution is 0.932. The fourth-order valence-corrected chi connectivity index (χ4v) is 0.723. The second-order valence-electron chi connectivity index (χ2n) is 1.60. The largest absolute Gasteiger partial charge is 0.308 e. The SMILES string of the molecule is NNc1ccc(SF)cn1. The highest BCUT2D eigenvalue weighted by Crippen LogP contribution is 2.17. The number of hydrogen-bond acceptors (Lipinski definition) is 4. The Kier molecular flexibility index (Phi) is 2.47. The van der Waals surface area contributed by atoms with E-state index < -0.39 is 0 Å². The molecule has 0 unspecified atom stereocenters. The summed E-state index contributed by atoms with van der Waals surface area (Å²) >= 11 is 0.157. The van der Waals surface area contributed by atoms with E-state index >= 15 is 0 Å². The third-order valence-electron chi connectivity index (χ3n) is 0.973. The van der Waals surface area contributed by atoms with E-state index in [-0.39, 0.29) is 12.1 Å². The smallest absolute Gasteiger partial charge is 0.139 e. The number of hydrazine groups is 1. The molecule has 0 aliphatic heterocycles. The summed E-state index contributed by atoms with van der Waals surface area (Å²) in [6.07, 6.45) is 1.40. The highest BCUT2D eigenvalue weighted by Gasteiger charge is 1.92. The predicted molar refractivity (Wildman–Crippen MR) is 39.0 cm³/mol. The number of pyridine rings is 1. The number of nitrogens with zero attached hydrogens (tertiary/aromatic N) is 1. The van der Waals surface area contributed by atoms with Gasteiger partial charge in [0.15, 0.2) is 0 Å². The summed E-state index contributed by atoms with van der Waals surface area (Å²) < 4.78 is 11.8. The van der Waals surface area contributed by atoms with Crippen molar-refractivity contribution >= 4 is 18.0 Å². The topological polar surface area (TPSA) is 50.9 Å². The Hall–Kier alpha value is -0.810. The van der Waals surface area contributed by atoms with Crippen molar-refractivity contribution in [3.63, 3.8) is 0 Å². The zero-order chi connectivity index (χ0) is 7.40. The first-order valence-corrected chi connectivity index (χ1v) is 3.30. The van der Waals surface area contributed by atoms with Crippen LogP contribution in [0.25, 0.3) is 0 Å². The molecule has 0 amide bonds. The summed E-state index contributed by atoms with van der Waals surface area (Å²) in [5.74, 6) is 5.55. The van der Waals surface area contributed by atoms with Gasteiger partial charge in [0.1, 0.15) is 5.82 Å². The van der Waals surface area contributed by atoms with E-state index in [1.165, 1.54) is 6.20 Å². The number of aromatic nitrogens is 1. The minimum absolute atomic E-state index is 0.157. The number of nitrogens with one attached hydrogen (secondary N) is 1. The van der Waals surface area contributed by atoms with E-state index in [1.54, 1.807) is 12.1 Å². The quantitative estimate of drug-likeness (QED) is 0.505. The van der Waals surface area contributed by atoms with Crippen molar-refractivity contribution in [2.45, 2.75) is 4.90 Å². The van der Waals surface area contributed by atoms with E-state index in [0.717, 1.165) is 0 Å². The zero-order valence-corrected chi connectivity index (χ0v) is 5.86.